The Morgan fingerprint density at radius 2 is 2.45 bits per heavy atom. The van der Waals surface area contributed by atoms with Crippen LogP contribution in [-0.4, -0.2) is 16.4 Å². The lowest BCUT2D eigenvalue weighted by Crippen LogP contribution is -1.99. The predicted molar refractivity (Wildman–Crippen MR) is 49.7 cm³/mol. The van der Waals surface area contributed by atoms with Gasteiger partial charge in [0.15, 0.2) is 0 Å². The van der Waals surface area contributed by atoms with Gasteiger partial charge in [-0.1, -0.05) is 0 Å². The second-order valence-electron chi connectivity index (χ2n) is 2.58. The molecule has 0 amide bonds. The van der Waals surface area contributed by atoms with Gasteiger partial charge < -0.3 is 4.74 Å². The summed E-state index contributed by atoms with van der Waals surface area (Å²) >= 11 is 2.25. The van der Waals surface area contributed by atoms with E-state index in [1.165, 1.54) is 6.42 Å². The van der Waals surface area contributed by atoms with Crippen molar-refractivity contribution >= 4 is 22.6 Å². The van der Waals surface area contributed by atoms with Crippen LogP contribution in [0.5, 0.6) is 5.88 Å². The van der Waals surface area contributed by atoms with Crippen molar-refractivity contribution in [3.63, 3.8) is 0 Å². The number of aromatic nitrogens is 2. The van der Waals surface area contributed by atoms with Gasteiger partial charge in [-0.25, -0.2) is 4.68 Å². The largest absolute Gasteiger partial charge is 0.477 e. The van der Waals surface area contributed by atoms with Crippen molar-refractivity contribution in [1.29, 1.82) is 0 Å². The third-order valence-electron chi connectivity index (χ3n) is 1.75. The molecule has 0 saturated heterocycles. The molecule has 1 aliphatic heterocycles. The van der Waals surface area contributed by atoms with E-state index in [4.69, 9.17) is 4.74 Å². The minimum Gasteiger partial charge on any atom is -0.477 e. The number of rotatable bonds is 0. The summed E-state index contributed by atoms with van der Waals surface area (Å²) in [6.07, 6.45) is 4.16. The van der Waals surface area contributed by atoms with Crippen molar-refractivity contribution in [2.24, 2.45) is 0 Å². The van der Waals surface area contributed by atoms with Crippen LogP contribution in [0, 0.1) is 3.57 Å². The van der Waals surface area contributed by atoms with Gasteiger partial charge in [-0.3, -0.25) is 0 Å². The highest BCUT2D eigenvalue weighted by atomic mass is 127. The zero-order valence-electron chi connectivity index (χ0n) is 6.09. The van der Waals surface area contributed by atoms with Gasteiger partial charge in [0.25, 0.3) is 0 Å². The van der Waals surface area contributed by atoms with Gasteiger partial charge in [-0.15, -0.1) is 0 Å². The van der Waals surface area contributed by atoms with Crippen molar-refractivity contribution in [2.75, 3.05) is 6.61 Å². The van der Waals surface area contributed by atoms with Crippen LogP contribution in [0.25, 0.3) is 0 Å². The standard InChI is InChI=1S/C7H9IN2O/c8-6-5-9-10-3-1-2-4-11-7(6)10/h5H,1-4H2. The first-order valence-corrected chi connectivity index (χ1v) is 4.80. The van der Waals surface area contributed by atoms with Gasteiger partial charge in [0.2, 0.25) is 5.88 Å². The summed E-state index contributed by atoms with van der Waals surface area (Å²) in [7, 11) is 0. The van der Waals surface area contributed by atoms with Gasteiger partial charge in [-0.2, -0.15) is 5.10 Å². The highest BCUT2D eigenvalue weighted by Crippen LogP contribution is 2.22. The summed E-state index contributed by atoms with van der Waals surface area (Å²) in [6, 6.07) is 0. The average Bonchev–Trinajstić information content (AvgIpc) is 2.25. The van der Waals surface area contributed by atoms with Crippen LogP contribution in [0.1, 0.15) is 12.8 Å². The normalized spacial score (nSPS) is 16.8. The van der Waals surface area contributed by atoms with Crippen molar-refractivity contribution in [3.05, 3.63) is 9.77 Å². The van der Waals surface area contributed by atoms with Gasteiger partial charge in [-0.05, 0) is 35.4 Å². The van der Waals surface area contributed by atoms with Crippen LogP contribution in [0.3, 0.4) is 0 Å². The molecule has 0 aromatic carbocycles. The SMILES string of the molecule is Ic1cnn2c1OCCCC2. The lowest BCUT2D eigenvalue weighted by molar-refractivity contribution is 0.301. The zero-order chi connectivity index (χ0) is 7.68. The molecule has 60 valence electrons. The van der Waals surface area contributed by atoms with Crippen LogP contribution in [0.15, 0.2) is 6.20 Å². The fraction of sp³-hybridized carbons (Fsp3) is 0.571. The minimum atomic E-state index is 0.835. The molecule has 4 heteroatoms. The van der Waals surface area contributed by atoms with E-state index in [0.717, 1.165) is 29.0 Å². The molecule has 0 atom stereocenters. The molecule has 1 aromatic heterocycles. The summed E-state index contributed by atoms with van der Waals surface area (Å²) in [5.74, 6) is 0.947. The Hall–Kier alpha value is -0.260. The molecule has 0 unspecified atom stereocenters. The molecular weight excluding hydrogens is 255 g/mol. The van der Waals surface area contributed by atoms with Crippen LogP contribution in [0.4, 0.5) is 0 Å². The fourth-order valence-corrected chi connectivity index (χ4v) is 1.75. The van der Waals surface area contributed by atoms with E-state index < -0.39 is 0 Å². The summed E-state index contributed by atoms with van der Waals surface area (Å²) in [5, 5.41) is 4.20. The quantitative estimate of drug-likeness (QED) is 0.666. The van der Waals surface area contributed by atoms with Gasteiger partial charge in [0.1, 0.15) is 0 Å². The first kappa shape index (κ1) is 7.39. The molecule has 0 spiro atoms. The average molecular weight is 264 g/mol. The van der Waals surface area contributed by atoms with Crippen molar-refractivity contribution in [1.82, 2.24) is 9.78 Å². The second kappa shape index (κ2) is 3.00. The molecule has 0 saturated carbocycles. The summed E-state index contributed by atoms with van der Waals surface area (Å²) in [4.78, 5) is 0. The summed E-state index contributed by atoms with van der Waals surface area (Å²) < 4.78 is 8.57. The van der Waals surface area contributed by atoms with Crippen LogP contribution < -0.4 is 4.74 Å². The first-order chi connectivity index (χ1) is 5.38. The molecule has 2 heterocycles. The van der Waals surface area contributed by atoms with E-state index >= 15 is 0 Å². The summed E-state index contributed by atoms with van der Waals surface area (Å²) in [6.45, 7) is 1.83. The zero-order valence-corrected chi connectivity index (χ0v) is 8.24. The molecule has 1 aromatic rings. The minimum absolute atomic E-state index is 0.835. The second-order valence-corrected chi connectivity index (χ2v) is 3.74. The topological polar surface area (TPSA) is 27.1 Å². The lowest BCUT2D eigenvalue weighted by Gasteiger charge is -2.01. The van der Waals surface area contributed by atoms with Crippen molar-refractivity contribution in [3.8, 4) is 5.88 Å². The summed E-state index contributed by atoms with van der Waals surface area (Å²) in [5.41, 5.74) is 0. The smallest absolute Gasteiger partial charge is 0.225 e. The Morgan fingerprint density at radius 3 is 3.36 bits per heavy atom. The fourth-order valence-electron chi connectivity index (χ4n) is 1.19. The maximum absolute atomic E-state index is 5.51. The molecule has 0 aliphatic carbocycles. The molecule has 2 rings (SSSR count). The van der Waals surface area contributed by atoms with Crippen LogP contribution in [-0.2, 0) is 6.54 Å². The number of nitrogens with zero attached hydrogens (tertiary/aromatic N) is 2. The number of hydrogen-bond donors (Lipinski definition) is 0. The first-order valence-electron chi connectivity index (χ1n) is 3.72. The Morgan fingerprint density at radius 1 is 1.55 bits per heavy atom. The Balaban J connectivity index is 2.35. The molecular formula is C7H9IN2O. The van der Waals surface area contributed by atoms with E-state index in [0.29, 0.717) is 0 Å². The van der Waals surface area contributed by atoms with E-state index in [1.54, 1.807) is 0 Å². The number of halogens is 1. The van der Waals surface area contributed by atoms with Crippen LogP contribution >= 0.6 is 22.6 Å². The number of aryl methyl sites for hydroxylation is 1. The van der Waals surface area contributed by atoms with E-state index in [2.05, 4.69) is 27.7 Å². The third-order valence-corrected chi connectivity index (χ3v) is 2.49. The predicted octanol–water partition coefficient (Wildman–Crippen LogP) is 1.66. The monoisotopic (exact) mass is 264 g/mol. The maximum atomic E-state index is 5.51. The lowest BCUT2D eigenvalue weighted by atomic mass is 10.3. The molecule has 1 aliphatic rings. The van der Waals surface area contributed by atoms with Gasteiger partial charge in [0, 0.05) is 6.54 Å². The third kappa shape index (κ3) is 1.36. The van der Waals surface area contributed by atoms with Gasteiger partial charge >= 0.3 is 0 Å². The van der Waals surface area contributed by atoms with E-state index in [-0.39, 0.29) is 0 Å². The number of fused-ring (bicyclic) bond motifs is 1. The van der Waals surface area contributed by atoms with E-state index in [1.807, 2.05) is 10.9 Å². The highest BCUT2D eigenvalue weighted by Gasteiger charge is 2.12. The number of ether oxygens (including phenoxy) is 1. The Kier molecular flexibility index (Phi) is 2.02. The Bertz CT molecular complexity index is 259. The molecule has 11 heavy (non-hydrogen) atoms. The highest BCUT2D eigenvalue weighted by molar-refractivity contribution is 14.1. The molecule has 0 bridgehead atoms. The van der Waals surface area contributed by atoms with E-state index in [9.17, 15) is 0 Å². The van der Waals surface area contributed by atoms with Crippen molar-refractivity contribution < 1.29 is 4.74 Å². The molecule has 0 radical (unpaired) electrons. The van der Waals surface area contributed by atoms with Gasteiger partial charge in [0.05, 0.1) is 16.4 Å². The maximum Gasteiger partial charge on any atom is 0.225 e. The van der Waals surface area contributed by atoms with Crippen molar-refractivity contribution in [2.45, 2.75) is 19.4 Å². The molecule has 0 fully saturated rings. The molecule has 3 nitrogen and oxygen atoms in total. The molecule has 0 N–H and O–H groups in total. The Labute approximate surface area is 78.9 Å². The number of hydrogen-bond acceptors (Lipinski definition) is 2. The van der Waals surface area contributed by atoms with Crippen LogP contribution in [0.2, 0.25) is 0 Å².